The lowest BCUT2D eigenvalue weighted by Crippen LogP contribution is -2.30. The van der Waals surface area contributed by atoms with Crippen molar-refractivity contribution in [3.63, 3.8) is 0 Å². The molecule has 104 valence electrons. The van der Waals surface area contributed by atoms with Crippen molar-refractivity contribution in [2.24, 2.45) is 23.6 Å². The molecule has 2 saturated carbocycles. The normalized spacial score (nSPS) is 30.8. The molecule has 2 fully saturated rings. The number of benzene rings is 1. The topological polar surface area (TPSA) is 38.0 Å². The summed E-state index contributed by atoms with van der Waals surface area (Å²) in [5.74, 6) is 8.62. The van der Waals surface area contributed by atoms with Crippen molar-refractivity contribution in [2.45, 2.75) is 38.1 Å². The van der Waals surface area contributed by atoms with Gasteiger partial charge in [0.1, 0.15) is 0 Å². The van der Waals surface area contributed by atoms with E-state index >= 15 is 0 Å². The molecule has 0 saturated heterocycles. The average molecular weight is 388 g/mol. The first-order valence-corrected chi connectivity index (χ1v) is 8.66. The summed E-state index contributed by atoms with van der Waals surface area (Å²) in [7, 11) is 0. The highest BCUT2D eigenvalue weighted by Gasteiger charge is 2.40. The standard InChI is InChI=1S/C15H20Br2N2/c16-13-5-12(6-14(17)8-13)15(19-18)7-11-4-9-1-2-10(11)3-9/h5-6,8-11,15,19H,1-4,7,18H2. The van der Waals surface area contributed by atoms with Crippen LogP contribution in [0.5, 0.6) is 0 Å². The molecule has 0 aliphatic heterocycles. The second kappa shape index (κ2) is 5.84. The molecule has 19 heavy (non-hydrogen) atoms. The van der Waals surface area contributed by atoms with Crippen LogP contribution in [0.3, 0.4) is 0 Å². The lowest BCUT2D eigenvalue weighted by atomic mass is 9.83. The van der Waals surface area contributed by atoms with Crippen LogP contribution in [0.15, 0.2) is 27.1 Å². The molecule has 2 nitrogen and oxygen atoms in total. The Bertz CT molecular complexity index is 443. The Morgan fingerprint density at radius 3 is 2.42 bits per heavy atom. The minimum absolute atomic E-state index is 0.262. The number of hydrazine groups is 1. The van der Waals surface area contributed by atoms with Crippen LogP contribution in [0.4, 0.5) is 0 Å². The summed E-state index contributed by atoms with van der Waals surface area (Å²) in [5, 5.41) is 0. The van der Waals surface area contributed by atoms with E-state index in [1.165, 1.54) is 37.7 Å². The molecule has 0 heterocycles. The van der Waals surface area contributed by atoms with Crippen molar-refractivity contribution in [3.8, 4) is 0 Å². The van der Waals surface area contributed by atoms with Crippen molar-refractivity contribution in [1.82, 2.24) is 5.43 Å². The molecule has 1 aromatic rings. The van der Waals surface area contributed by atoms with Gasteiger partial charge in [0, 0.05) is 15.0 Å². The Balaban J connectivity index is 1.73. The van der Waals surface area contributed by atoms with Gasteiger partial charge in [-0.25, -0.2) is 0 Å². The molecular formula is C15H20Br2N2. The number of hydrogen-bond donors (Lipinski definition) is 2. The monoisotopic (exact) mass is 386 g/mol. The van der Waals surface area contributed by atoms with Crippen LogP contribution in [-0.4, -0.2) is 0 Å². The predicted molar refractivity (Wildman–Crippen MR) is 85.5 cm³/mol. The molecule has 2 bridgehead atoms. The SMILES string of the molecule is NNC(CC1CC2CCC1C2)c1cc(Br)cc(Br)c1. The van der Waals surface area contributed by atoms with Gasteiger partial charge >= 0.3 is 0 Å². The van der Waals surface area contributed by atoms with Gasteiger partial charge in [-0.15, -0.1) is 0 Å². The van der Waals surface area contributed by atoms with Gasteiger partial charge in [-0.1, -0.05) is 38.3 Å². The molecule has 4 unspecified atom stereocenters. The molecule has 4 heteroatoms. The first-order valence-electron chi connectivity index (χ1n) is 7.08. The van der Waals surface area contributed by atoms with Crippen molar-refractivity contribution in [1.29, 1.82) is 0 Å². The van der Waals surface area contributed by atoms with Crippen LogP contribution in [0.1, 0.15) is 43.7 Å². The lowest BCUT2D eigenvalue weighted by Gasteiger charge is -2.26. The summed E-state index contributed by atoms with van der Waals surface area (Å²) in [5.41, 5.74) is 4.29. The Kier molecular flexibility index (Phi) is 4.32. The van der Waals surface area contributed by atoms with Crippen molar-refractivity contribution in [2.75, 3.05) is 0 Å². The summed E-state index contributed by atoms with van der Waals surface area (Å²) in [6.07, 6.45) is 6.95. The third-order valence-corrected chi connectivity index (χ3v) is 5.83. The molecule has 0 aromatic heterocycles. The highest BCUT2D eigenvalue weighted by Crippen LogP contribution is 2.51. The molecule has 3 rings (SSSR count). The number of rotatable bonds is 4. The van der Waals surface area contributed by atoms with Crippen molar-refractivity contribution in [3.05, 3.63) is 32.7 Å². The van der Waals surface area contributed by atoms with Gasteiger partial charge in [-0.05, 0) is 67.2 Å². The first kappa shape index (κ1) is 14.1. The van der Waals surface area contributed by atoms with E-state index in [1.807, 2.05) is 0 Å². The van der Waals surface area contributed by atoms with Gasteiger partial charge in [-0.3, -0.25) is 11.3 Å². The molecule has 0 amide bonds. The van der Waals surface area contributed by atoms with Gasteiger partial charge < -0.3 is 0 Å². The largest absolute Gasteiger partial charge is 0.271 e. The minimum Gasteiger partial charge on any atom is -0.271 e. The van der Waals surface area contributed by atoms with E-state index in [0.29, 0.717) is 0 Å². The maximum absolute atomic E-state index is 5.80. The van der Waals surface area contributed by atoms with Crippen LogP contribution in [0.2, 0.25) is 0 Å². The summed E-state index contributed by atoms with van der Waals surface area (Å²) in [4.78, 5) is 0. The lowest BCUT2D eigenvalue weighted by molar-refractivity contribution is 0.280. The van der Waals surface area contributed by atoms with Crippen LogP contribution < -0.4 is 11.3 Å². The number of fused-ring (bicyclic) bond motifs is 2. The maximum Gasteiger partial charge on any atom is 0.0463 e. The minimum atomic E-state index is 0.262. The molecule has 3 N–H and O–H groups in total. The molecular weight excluding hydrogens is 368 g/mol. The van der Waals surface area contributed by atoms with Gasteiger partial charge in [0.25, 0.3) is 0 Å². The van der Waals surface area contributed by atoms with E-state index in [0.717, 1.165) is 26.7 Å². The fourth-order valence-corrected chi connectivity index (χ4v) is 5.37. The second-order valence-corrected chi connectivity index (χ2v) is 7.92. The first-order chi connectivity index (χ1) is 9.15. The molecule has 4 atom stereocenters. The highest BCUT2D eigenvalue weighted by atomic mass is 79.9. The van der Waals surface area contributed by atoms with Crippen molar-refractivity contribution < 1.29 is 0 Å². The molecule has 1 aromatic carbocycles. The Labute approximate surface area is 131 Å². The number of hydrogen-bond acceptors (Lipinski definition) is 2. The predicted octanol–water partition coefficient (Wildman–Crippen LogP) is 4.54. The summed E-state index contributed by atoms with van der Waals surface area (Å²) in [6.45, 7) is 0. The zero-order valence-electron chi connectivity index (χ0n) is 10.9. The molecule has 2 aliphatic rings. The quantitative estimate of drug-likeness (QED) is 0.587. The van der Waals surface area contributed by atoms with E-state index in [2.05, 4.69) is 55.5 Å². The van der Waals surface area contributed by atoms with Crippen LogP contribution in [0.25, 0.3) is 0 Å². The molecule has 0 radical (unpaired) electrons. The van der Waals surface area contributed by atoms with E-state index in [9.17, 15) is 0 Å². The third-order valence-electron chi connectivity index (χ3n) is 4.91. The van der Waals surface area contributed by atoms with Crippen LogP contribution in [0, 0.1) is 17.8 Å². The zero-order chi connectivity index (χ0) is 13.4. The summed E-state index contributed by atoms with van der Waals surface area (Å²) >= 11 is 7.11. The van der Waals surface area contributed by atoms with Crippen molar-refractivity contribution >= 4 is 31.9 Å². The third kappa shape index (κ3) is 3.07. The Hall–Kier alpha value is 0.1000. The Morgan fingerprint density at radius 2 is 1.89 bits per heavy atom. The van der Waals surface area contributed by atoms with Gasteiger partial charge in [-0.2, -0.15) is 0 Å². The molecule has 2 aliphatic carbocycles. The van der Waals surface area contributed by atoms with Crippen LogP contribution >= 0.6 is 31.9 Å². The maximum atomic E-state index is 5.80. The molecule has 0 spiro atoms. The fraction of sp³-hybridized carbons (Fsp3) is 0.600. The van der Waals surface area contributed by atoms with E-state index < -0.39 is 0 Å². The van der Waals surface area contributed by atoms with Gasteiger partial charge in [0.15, 0.2) is 0 Å². The van der Waals surface area contributed by atoms with Gasteiger partial charge in [0.05, 0.1) is 0 Å². The van der Waals surface area contributed by atoms with E-state index in [1.54, 1.807) is 0 Å². The number of halogens is 2. The number of nitrogens with two attached hydrogens (primary N) is 1. The van der Waals surface area contributed by atoms with E-state index in [-0.39, 0.29) is 6.04 Å². The van der Waals surface area contributed by atoms with E-state index in [4.69, 9.17) is 5.84 Å². The summed E-state index contributed by atoms with van der Waals surface area (Å²) in [6, 6.07) is 6.66. The van der Waals surface area contributed by atoms with Crippen LogP contribution in [-0.2, 0) is 0 Å². The highest BCUT2D eigenvalue weighted by molar-refractivity contribution is 9.11. The average Bonchev–Trinajstić information content (AvgIpc) is 2.96. The smallest absolute Gasteiger partial charge is 0.0463 e. The second-order valence-electron chi connectivity index (χ2n) is 6.09. The Morgan fingerprint density at radius 1 is 1.16 bits per heavy atom. The zero-order valence-corrected chi connectivity index (χ0v) is 14.1. The number of nitrogens with one attached hydrogen (secondary N) is 1. The summed E-state index contributed by atoms with van der Waals surface area (Å²) < 4.78 is 2.20. The van der Waals surface area contributed by atoms with Gasteiger partial charge in [0.2, 0.25) is 0 Å². The fourth-order valence-electron chi connectivity index (χ4n) is 4.04.